The Bertz CT molecular complexity index is 1090. The van der Waals surface area contributed by atoms with Crippen LogP contribution < -0.4 is 14.8 Å². The normalized spacial score (nSPS) is 11.1. The van der Waals surface area contributed by atoms with Crippen molar-refractivity contribution in [2.45, 2.75) is 11.8 Å². The van der Waals surface area contributed by atoms with Crippen LogP contribution in [-0.4, -0.2) is 39.8 Å². The van der Waals surface area contributed by atoms with Gasteiger partial charge in [-0.25, -0.2) is 8.42 Å². The lowest BCUT2D eigenvalue weighted by Crippen LogP contribution is -2.14. The summed E-state index contributed by atoms with van der Waals surface area (Å²) in [5, 5.41) is 6.33. The second kappa shape index (κ2) is 9.42. The molecule has 0 bridgehead atoms. The molecular formula is C20H21N3O6S. The Hall–Kier alpha value is -3.37. The van der Waals surface area contributed by atoms with Gasteiger partial charge in [-0.2, -0.15) is 0 Å². The van der Waals surface area contributed by atoms with Gasteiger partial charge in [-0.15, -0.1) is 0 Å². The molecule has 30 heavy (non-hydrogen) atoms. The van der Waals surface area contributed by atoms with Crippen molar-refractivity contribution in [1.82, 2.24) is 5.16 Å². The zero-order valence-electron chi connectivity index (χ0n) is 16.4. The number of sulfonamides is 1. The average Bonchev–Trinajstić information content (AvgIpc) is 3.13. The number of nitrogens with one attached hydrogen (secondary N) is 2. The van der Waals surface area contributed by atoms with Crippen LogP contribution in [0.2, 0.25) is 0 Å². The van der Waals surface area contributed by atoms with Crippen molar-refractivity contribution in [3.63, 3.8) is 0 Å². The third-order valence-corrected chi connectivity index (χ3v) is 5.33. The Kier molecular flexibility index (Phi) is 6.70. The Morgan fingerprint density at radius 3 is 2.37 bits per heavy atom. The van der Waals surface area contributed by atoms with Crippen LogP contribution in [0.5, 0.6) is 5.75 Å². The van der Waals surface area contributed by atoms with Gasteiger partial charge in [0.2, 0.25) is 0 Å². The number of carbonyl (C=O) groups is 1. The van der Waals surface area contributed by atoms with E-state index in [-0.39, 0.29) is 16.6 Å². The second-order valence-electron chi connectivity index (χ2n) is 6.27. The monoisotopic (exact) mass is 431 g/mol. The van der Waals surface area contributed by atoms with Gasteiger partial charge in [0, 0.05) is 24.4 Å². The predicted octanol–water partition coefficient (Wildman–Crippen LogP) is 3.06. The molecule has 158 valence electrons. The van der Waals surface area contributed by atoms with Crippen LogP contribution in [0.25, 0.3) is 0 Å². The summed E-state index contributed by atoms with van der Waals surface area (Å²) >= 11 is 0. The third-order valence-electron chi connectivity index (χ3n) is 3.96. The van der Waals surface area contributed by atoms with E-state index in [0.29, 0.717) is 36.0 Å². The van der Waals surface area contributed by atoms with E-state index in [4.69, 9.17) is 14.0 Å². The first-order valence-corrected chi connectivity index (χ1v) is 10.4. The number of carbonyl (C=O) groups excluding carboxylic acids is 1. The van der Waals surface area contributed by atoms with Gasteiger partial charge in [0.15, 0.2) is 5.82 Å². The van der Waals surface area contributed by atoms with E-state index < -0.39 is 10.0 Å². The van der Waals surface area contributed by atoms with Crippen LogP contribution in [0.15, 0.2) is 64.0 Å². The zero-order valence-corrected chi connectivity index (χ0v) is 17.2. The van der Waals surface area contributed by atoms with Gasteiger partial charge in [-0.05, 0) is 55.5 Å². The first-order valence-electron chi connectivity index (χ1n) is 8.97. The van der Waals surface area contributed by atoms with Crippen molar-refractivity contribution in [1.29, 1.82) is 0 Å². The summed E-state index contributed by atoms with van der Waals surface area (Å²) in [6.45, 7) is 2.55. The molecule has 0 radical (unpaired) electrons. The molecule has 0 fully saturated rings. The van der Waals surface area contributed by atoms with Crippen molar-refractivity contribution >= 4 is 27.4 Å². The first-order chi connectivity index (χ1) is 14.4. The number of aromatic nitrogens is 1. The Morgan fingerprint density at radius 2 is 1.77 bits per heavy atom. The fourth-order valence-corrected chi connectivity index (χ4v) is 3.46. The Balaban J connectivity index is 1.61. The summed E-state index contributed by atoms with van der Waals surface area (Å²) in [6, 6.07) is 13.9. The summed E-state index contributed by atoms with van der Waals surface area (Å²) in [6.07, 6.45) is 0. The van der Waals surface area contributed by atoms with E-state index in [1.54, 1.807) is 38.3 Å². The van der Waals surface area contributed by atoms with Crippen LogP contribution in [-0.2, 0) is 14.8 Å². The molecule has 0 atom stereocenters. The van der Waals surface area contributed by atoms with Gasteiger partial charge in [-0.1, -0.05) is 5.16 Å². The fourth-order valence-electron chi connectivity index (χ4n) is 2.48. The van der Waals surface area contributed by atoms with E-state index in [1.807, 2.05) is 0 Å². The van der Waals surface area contributed by atoms with Gasteiger partial charge in [0.1, 0.15) is 18.1 Å². The maximum absolute atomic E-state index is 12.4. The number of rotatable bonds is 9. The summed E-state index contributed by atoms with van der Waals surface area (Å²) in [7, 11) is -2.23. The van der Waals surface area contributed by atoms with Crippen LogP contribution >= 0.6 is 0 Å². The zero-order chi connectivity index (χ0) is 21.6. The van der Waals surface area contributed by atoms with Gasteiger partial charge >= 0.3 is 0 Å². The number of methoxy groups -OCH3 is 1. The average molecular weight is 431 g/mol. The highest BCUT2D eigenvalue weighted by Crippen LogP contribution is 2.19. The second-order valence-corrected chi connectivity index (χ2v) is 7.95. The van der Waals surface area contributed by atoms with Crippen molar-refractivity contribution in [2.24, 2.45) is 0 Å². The van der Waals surface area contributed by atoms with Crippen LogP contribution in [0, 0.1) is 6.92 Å². The first kappa shape index (κ1) is 21.3. The quantitative estimate of drug-likeness (QED) is 0.500. The summed E-state index contributed by atoms with van der Waals surface area (Å²) < 4.78 is 42.3. The number of amides is 1. The molecule has 0 aliphatic carbocycles. The van der Waals surface area contributed by atoms with E-state index in [0.717, 1.165) is 0 Å². The minimum absolute atomic E-state index is 0.0266. The number of aryl methyl sites for hydroxylation is 1. The van der Waals surface area contributed by atoms with Gasteiger partial charge in [0.05, 0.1) is 11.5 Å². The van der Waals surface area contributed by atoms with Gasteiger partial charge < -0.3 is 19.3 Å². The molecule has 0 spiro atoms. The number of anilines is 2. The van der Waals surface area contributed by atoms with Crippen LogP contribution in [0.4, 0.5) is 11.5 Å². The highest BCUT2D eigenvalue weighted by molar-refractivity contribution is 7.92. The highest BCUT2D eigenvalue weighted by Gasteiger charge is 2.16. The fraction of sp³-hybridized carbons (Fsp3) is 0.200. The molecule has 9 nitrogen and oxygen atoms in total. The maximum atomic E-state index is 12.4. The molecule has 1 amide bonds. The van der Waals surface area contributed by atoms with Gasteiger partial charge in [-0.3, -0.25) is 9.52 Å². The number of hydrogen-bond donors (Lipinski definition) is 2. The highest BCUT2D eigenvalue weighted by atomic mass is 32.2. The van der Waals surface area contributed by atoms with Crippen LogP contribution in [0.3, 0.4) is 0 Å². The number of ether oxygens (including phenoxy) is 2. The molecule has 3 aromatic rings. The molecular weight excluding hydrogens is 410 g/mol. The summed E-state index contributed by atoms with van der Waals surface area (Å²) in [5.74, 6) is 0.887. The lowest BCUT2D eigenvalue weighted by molar-refractivity contribution is 0.102. The van der Waals surface area contributed by atoms with Gasteiger partial charge in [0.25, 0.3) is 15.9 Å². The van der Waals surface area contributed by atoms with E-state index in [1.165, 1.54) is 30.3 Å². The van der Waals surface area contributed by atoms with E-state index in [9.17, 15) is 13.2 Å². The molecule has 0 aliphatic heterocycles. The number of nitrogens with zero attached hydrogens (tertiary/aromatic N) is 1. The Labute approximate surface area is 174 Å². The number of hydrogen-bond acceptors (Lipinski definition) is 7. The maximum Gasteiger partial charge on any atom is 0.263 e. The molecule has 0 saturated carbocycles. The SMILES string of the molecule is COCCOc1ccc(C(=O)Nc2ccc(S(=O)(=O)Nc3cc(C)on3)cc2)cc1. The van der Waals surface area contributed by atoms with E-state index >= 15 is 0 Å². The molecule has 1 aromatic heterocycles. The van der Waals surface area contributed by atoms with Crippen molar-refractivity contribution in [2.75, 3.05) is 30.4 Å². The molecule has 3 rings (SSSR count). The minimum Gasteiger partial charge on any atom is -0.491 e. The molecule has 0 saturated heterocycles. The van der Waals surface area contributed by atoms with Crippen molar-refractivity contribution in [3.05, 3.63) is 65.9 Å². The molecule has 0 unspecified atom stereocenters. The largest absolute Gasteiger partial charge is 0.491 e. The Morgan fingerprint density at radius 1 is 1.07 bits per heavy atom. The van der Waals surface area contributed by atoms with Crippen molar-refractivity contribution < 1.29 is 27.2 Å². The molecule has 0 aliphatic rings. The standard InChI is InChI=1S/C20H21N3O6S/c1-14-13-19(22-29-14)23-30(25,26)18-9-5-16(6-10-18)21-20(24)15-3-7-17(8-4-15)28-12-11-27-2/h3-10,13H,11-12H2,1-2H3,(H,21,24)(H,22,23). The molecule has 2 N–H and O–H groups in total. The lowest BCUT2D eigenvalue weighted by Gasteiger charge is -2.09. The van der Waals surface area contributed by atoms with E-state index in [2.05, 4.69) is 15.2 Å². The summed E-state index contributed by atoms with van der Waals surface area (Å²) in [4.78, 5) is 12.4. The smallest absolute Gasteiger partial charge is 0.263 e. The molecule has 2 aromatic carbocycles. The predicted molar refractivity (Wildman–Crippen MR) is 110 cm³/mol. The molecule has 10 heteroatoms. The molecule has 1 heterocycles. The topological polar surface area (TPSA) is 120 Å². The number of benzene rings is 2. The minimum atomic E-state index is -3.82. The van der Waals surface area contributed by atoms with Crippen LogP contribution in [0.1, 0.15) is 16.1 Å². The lowest BCUT2D eigenvalue weighted by atomic mass is 10.2. The van der Waals surface area contributed by atoms with Crippen molar-refractivity contribution in [3.8, 4) is 5.75 Å². The third kappa shape index (κ3) is 5.58. The summed E-state index contributed by atoms with van der Waals surface area (Å²) in [5.41, 5.74) is 0.894.